The molecular formula is C13H18N2O3. The van der Waals surface area contributed by atoms with E-state index in [1.54, 1.807) is 25.4 Å². The number of nitrogens with zero attached hydrogens (tertiary/aromatic N) is 1. The summed E-state index contributed by atoms with van der Waals surface area (Å²) in [5.74, 6) is 1.06. The van der Waals surface area contributed by atoms with E-state index < -0.39 is 0 Å². The lowest BCUT2D eigenvalue weighted by molar-refractivity contribution is 0.0950. The monoisotopic (exact) mass is 250 g/mol. The number of hydrogen-bond donors (Lipinski definition) is 1. The zero-order valence-corrected chi connectivity index (χ0v) is 10.5. The molecule has 5 nitrogen and oxygen atoms in total. The first-order valence-corrected chi connectivity index (χ1v) is 6.15. The number of carbonyl (C=O) groups is 1. The number of methoxy groups -OCH3 is 1. The molecule has 1 aliphatic rings. The Labute approximate surface area is 107 Å². The van der Waals surface area contributed by atoms with Gasteiger partial charge in [0.1, 0.15) is 6.61 Å². The van der Waals surface area contributed by atoms with Gasteiger partial charge in [-0.25, -0.2) is 4.98 Å². The van der Waals surface area contributed by atoms with Crippen LogP contribution in [0.2, 0.25) is 0 Å². The normalized spacial score (nSPS) is 14.3. The van der Waals surface area contributed by atoms with E-state index in [1.165, 1.54) is 12.8 Å². The molecule has 5 heteroatoms. The predicted molar refractivity (Wildman–Crippen MR) is 66.7 cm³/mol. The molecule has 0 spiro atoms. The predicted octanol–water partition coefficient (Wildman–Crippen LogP) is 1.25. The molecule has 0 bridgehead atoms. The fourth-order valence-corrected chi connectivity index (χ4v) is 1.52. The van der Waals surface area contributed by atoms with Crippen molar-refractivity contribution < 1.29 is 14.3 Å². The molecule has 1 aromatic heterocycles. The smallest absolute Gasteiger partial charge is 0.251 e. The number of ether oxygens (including phenoxy) is 2. The van der Waals surface area contributed by atoms with Gasteiger partial charge in [-0.2, -0.15) is 0 Å². The van der Waals surface area contributed by atoms with E-state index in [-0.39, 0.29) is 5.91 Å². The molecular weight excluding hydrogens is 232 g/mol. The Morgan fingerprint density at radius 3 is 3.06 bits per heavy atom. The van der Waals surface area contributed by atoms with Crippen molar-refractivity contribution in [3.05, 3.63) is 23.9 Å². The average molecular weight is 250 g/mol. The van der Waals surface area contributed by atoms with Crippen molar-refractivity contribution in [3.8, 4) is 5.88 Å². The summed E-state index contributed by atoms with van der Waals surface area (Å²) in [6.07, 6.45) is 4.03. The van der Waals surface area contributed by atoms with Gasteiger partial charge in [0.05, 0.1) is 6.61 Å². The molecule has 0 aromatic carbocycles. The van der Waals surface area contributed by atoms with Crippen LogP contribution in [0.1, 0.15) is 23.2 Å². The highest BCUT2D eigenvalue weighted by molar-refractivity contribution is 5.94. The minimum atomic E-state index is -0.0686. The summed E-state index contributed by atoms with van der Waals surface area (Å²) in [5.41, 5.74) is 0.582. The number of aromatic nitrogens is 1. The molecule has 1 N–H and O–H groups in total. The lowest BCUT2D eigenvalue weighted by atomic mass is 10.2. The molecule has 1 saturated carbocycles. The molecule has 18 heavy (non-hydrogen) atoms. The fourth-order valence-electron chi connectivity index (χ4n) is 1.52. The van der Waals surface area contributed by atoms with Crippen LogP contribution < -0.4 is 10.1 Å². The Hall–Kier alpha value is -1.62. The van der Waals surface area contributed by atoms with Crippen LogP contribution in [0.3, 0.4) is 0 Å². The van der Waals surface area contributed by atoms with Crippen LogP contribution >= 0.6 is 0 Å². The number of carbonyl (C=O) groups excluding carboxylic acids is 1. The lowest BCUT2D eigenvalue weighted by Gasteiger charge is -2.07. The zero-order chi connectivity index (χ0) is 12.8. The summed E-state index contributed by atoms with van der Waals surface area (Å²) in [5, 5.41) is 2.91. The van der Waals surface area contributed by atoms with Gasteiger partial charge in [-0.3, -0.25) is 4.79 Å². The number of amides is 1. The van der Waals surface area contributed by atoms with Gasteiger partial charge < -0.3 is 14.8 Å². The van der Waals surface area contributed by atoms with Crippen molar-refractivity contribution in [3.63, 3.8) is 0 Å². The highest BCUT2D eigenvalue weighted by atomic mass is 16.5. The first-order valence-electron chi connectivity index (χ1n) is 6.15. The van der Waals surface area contributed by atoms with Gasteiger partial charge in [0.2, 0.25) is 5.88 Å². The van der Waals surface area contributed by atoms with Crippen LogP contribution in [-0.4, -0.2) is 37.8 Å². The Balaban J connectivity index is 1.86. The molecule has 0 atom stereocenters. The second-order valence-corrected chi connectivity index (χ2v) is 4.38. The molecule has 1 aliphatic carbocycles. The van der Waals surface area contributed by atoms with Crippen molar-refractivity contribution in [2.24, 2.45) is 5.92 Å². The Kier molecular flexibility index (Phi) is 4.52. The summed E-state index contributed by atoms with van der Waals surface area (Å²) in [7, 11) is 1.61. The maximum Gasteiger partial charge on any atom is 0.251 e. The van der Waals surface area contributed by atoms with Gasteiger partial charge in [0.15, 0.2) is 0 Å². The quantitative estimate of drug-likeness (QED) is 0.740. The standard InChI is InChI=1S/C13H18N2O3/c1-17-6-7-18-12-8-11(4-5-14-12)13(16)15-9-10-2-3-10/h4-5,8,10H,2-3,6-7,9H2,1H3,(H,15,16). The molecule has 0 radical (unpaired) electrons. The summed E-state index contributed by atoms with van der Waals surface area (Å²) < 4.78 is 10.2. The van der Waals surface area contributed by atoms with Crippen molar-refractivity contribution in [1.82, 2.24) is 10.3 Å². The van der Waals surface area contributed by atoms with Crippen molar-refractivity contribution >= 4 is 5.91 Å². The minimum Gasteiger partial charge on any atom is -0.475 e. The maximum atomic E-state index is 11.8. The Morgan fingerprint density at radius 1 is 1.50 bits per heavy atom. The second-order valence-electron chi connectivity index (χ2n) is 4.38. The zero-order valence-electron chi connectivity index (χ0n) is 10.5. The van der Waals surface area contributed by atoms with E-state index in [1.807, 2.05) is 0 Å². The maximum absolute atomic E-state index is 11.8. The Bertz CT molecular complexity index is 405. The van der Waals surface area contributed by atoms with Crippen LogP contribution in [0.25, 0.3) is 0 Å². The third-order valence-electron chi connectivity index (χ3n) is 2.78. The van der Waals surface area contributed by atoms with E-state index in [4.69, 9.17) is 9.47 Å². The molecule has 98 valence electrons. The van der Waals surface area contributed by atoms with Crippen LogP contribution in [0.15, 0.2) is 18.3 Å². The van der Waals surface area contributed by atoms with Crippen molar-refractivity contribution in [2.75, 3.05) is 26.9 Å². The van der Waals surface area contributed by atoms with E-state index >= 15 is 0 Å². The van der Waals surface area contributed by atoms with Crippen molar-refractivity contribution in [1.29, 1.82) is 0 Å². The van der Waals surface area contributed by atoms with E-state index in [0.29, 0.717) is 30.6 Å². The molecule has 0 unspecified atom stereocenters. The van der Waals surface area contributed by atoms with E-state index in [0.717, 1.165) is 6.54 Å². The summed E-state index contributed by atoms with van der Waals surface area (Å²) in [6, 6.07) is 3.34. The average Bonchev–Trinajstić information content (AvgIpc) is 3.21. The van der Waals surface area contributed by atoms with E-state index in [2.05, 4.69) is 10.3 Å². The largest absolute Gasteiger partial charge is 0.475 e. The van der Waals surface area contributed by atoms with Gasteiger partial charge in [-0.05, 0) is 24.8 Å². The summed E-state index contributed by atoms with van der Waals surface area (Å²) >= 11 is 0. The van der Waals surface area contributed by atoms with Crippen LogP contribution in [0.4, 0.5) is 0 Å². The van der Waals surface area contributed by atoms with Gasteiger partial charge in [-0.15, -0.1) is 0 Å². The lowest BCUT2D eigenvalue weighted by Crippen LogP contribution is -2.25. The summed E-state index contributed by atoms with van der Waals surface area (Å²) in [6.45, 7) is 1.69. The number of rotatable bonds is 7. The highest BCUT2D eigenvalue weighted by Crippen LogP contribution is 2.27. The van der Waals surface area contributed by atoms with Crippen molar-refractivity contribution in [2.45, 2.75) is 12.8 Å². The molecule has 1 fully saturated rings. The Morgan fingerprint density at radius 2 is 2.33 bits per heavy atom. The molecule has 1 heterocycles. The van der Waals surface area contributed by atoms with Crippen LogP contribution in [-0.2, 0) is 4.74 Å². The third kappa shape index (κ3) is 4.00. The fraction of sp³-hybridized carbons (Fsp3) is 0.538. The third-order valence-corrected chi connectivity index (χ3v) is 2.78. The van der Waals surface area contributed by atoms with Crippen LogP contribution in [0.5, 0.6) is 5.88 Å². The molecule has 0 saturated heterocycles. The number of nitrogens with one attached hydrogen (secondary N) is 1. The topological polar surface area (TPSA) is 60.5 Å². The number of pyridine rings is 1. The second kappa shape index (κ2) is 6.35. The van der Waals surface area contributed by atoms with E-state index in [9.17, 15) is 4.79 Å². The van der Waals surface area contributed by atoms with Gasteiger partial charge in [0, 0.05) is 31.5 Å². The molecule has 0 aliphatic heterocycles. The molecule has 1 amide bonds. The number of hydrogen-bond acceptors (Lipinski definition) is 4. The molecule has 1 aromatic rings. The van der Waals surface area contributed by atoms with Gasteiger partial charge in [0.25, 0.3) is 5.91 Å². The summed E-state index contributed by atoms with van der Waals surface area (Å²) in [4.78, 5) is 15.9. The first kappa shape index (κ1) is 12.8. The van der Waals surface area contributed by atoms with Gasteiger partial charge >= 0.3 is 0 Å². The highest BCUT2D eigenvalue weighted by Gasteiger charge is 2.21. The minimum absolute atomic E-state index is 0.0686. The van der Waals surface area contributed by atoms with Gasteiger partial charge in [-0.1, -0.05) is 0 Å². The SMILES string of the molecule is COCCOc1cc(C(=O)NCC2CC2)ccn1. The first-order chi connectivity index (χ1) is 8.79. The van der Waals surface area contributed by atoms with Crippen LogP contribution in [0, 0.1) is 5.92 Å². The molecule has 2 rings (SSSR count).